The molecule has 27 heavy (non-hydrogen) atoms. The topological polar surface area (TPSA) is 101 Å². The van der Waals surface area contributed by atoms with Crippen LogP contribution in [-0.2, 0) is 4.79 Å². The van der Waals surface area contributed by atoms with Gasteiger partial charge >= 0.3 is 0 Å². The minimum atomic E-state index is -0.457. The van der Waals surface area contributed by atoms with Crippen LogP contribution in [0.2, 0.25) is 0 Å². The summed E-state index contributed by atoms with van der Waals surface area (Å²) in [6.45, 7) is 8.32. The number of rotatable bonds is 8. The number of aromatic amines is 1. The molecule has 0 saturated heterocycles. The van der Waals surface area contributed by atoms with Gasteiger partial charge in [0.25, 0.3) is 0 Å². The molecule has 2 aromatic heterocycles. The summed E-state index contributed by atoms with van der Waals surface area (Å²) >= 11 is 0. The highest BCUT2D eigenvalue weighted by Gasteiger charge is 2.31. The fourth-order valence-corrected chi connectivity index (χ4v) is 3.23. The maximum Gasteiger partial charge on any atom is 0.245 e. The van der Waals surface area contributed by atoms with Gasteiger partial charge in [0.15, 0.2) is 0 Å². The van der Waals surface area contributed by atoms with Gasteiger partial charge in [-0.3, -0.25) is 4.79 Å². The van der Waals surface area contributed by atoms with E-state index < -0.39 is 6.04 Å². The highest BCUT2D eigenvalue weighted by Crippen LogP contribution is 2.27. The van der Waals surface area contributed by atoms with E-state index in [9.17, 15) is 4.79 Å². The molecule has 0 spiro atoms. The summed E-state index contributed by atoms with van der Waals surface area (Å²) in [5.41, 5.74) is 1.86. The third kappa shape index (κ3) is 3.99. The van der Waals surface area contributed by atoms with Gasteiger partial charge in [-0.25, -0.2) is 9.67 Å². The van der Waals surface area contributed by atoms with Crippen LogP contribution in [0.25, 0.3) is 11.0 Å². The molecule has 0 aliphatic heterocycles. The largest absolute Gasteiger partial charge is 0.344 e. The van der Waals surface area contributed by atoms with Crippen molar-refractivity contribution in [3.63, 3.8) is 0 Å². The first-order valence-electron chi connectivity index (χ1n) is 9.52. The number of H-pyrrole nitrogens is 1. The number of nitrogens with zero attached hydrogens (tertiary/aromatic N) is 5. The van der Waals surface area contributed by atoms with Crippen molar-refractivity contribution in [2.24, 2.45) is 11.8 Å². The number of carbonyl (C=O) groups is 1. The molecule has 0 fully saturated rings. The Balaban J connectivity index is 1.90. The third-order valence-corrected chi connectivity index (χ3v) is 5.31. The van der Waals surface area contributed by atoms with Gasteiger partial charge in [0, 0.05) is 0 Å². The molecule has 1 aromatic carbocycles. The molecule has 0 aliphatic rings. The molecular formula is C19H27N7O. The van der Waals surface area contributed by atoms with Crippen LogP contribution in [0.15, 0.2) is 30.6 Å². The van der Waals surface area contributed by atoms with Gasteiger partial charge in [-0.1, -0.05) is 52.7 Å². The van der Waals surface area contributed by atoms with Gasteiger partial charge in [0.2, 0.25) is 5.91 Å². The predicted octanol–water partition coefficient (Wildman–Crippen LogP) is 3.04. The number of hydrogen-bond acceptors (Lipinski definition) is 5. The van der Waals surface area contributed by atoms with E-state index in [0.717, 1.165) is 29.7 Å². The summed E-state index contributed by atoms with van der Waals surface area (Å²) in [5.74, 6) is 1.00. The van der Waals surface area contributed by atoms with Crippen LogP contribution in [0.3, 0.4) is 0 Å². The maximum absolute atomic E-state index is 13.2. The standard InChI is InChI=1S/C19H27N7O/c1-5-12(3)16(18-21-14-9-7-8-10-15(14)22-18)23-19(27)17(13(4)6-2)26-11-20-24-25-26/h7-13,16-17H,5-6H2,1-4H3,(H,21,22)(H,23,27)/t12-,13-,16-,17-/m0/s1. The lowest BCUT2D eigenvalue weighted by Gasteiger charge is -2.27. The Labute approximate surface area is 158 Å². The van der Waals surface area contributed by atoms with E-state index in [1.54, 1.807) is 0 Å². The second-order valence-corrected chi connectivity index (χ2v) is 7.13. The van der Waals surface area contributed by atoms with Crippen molar-refractivity contribution in [1.82, 2.24) is 35.5 Å². The fraction of sp³-hybridized carbons (Fsp3) is 0.526. The predicted molar refractivity (Wildman–Crippen MR) is 103 cm³/mol. The number of carbonyl (C=O) groups excluding carboxylic acids is 1. The van der Waals surface area contributed by atoms with E-state index in [2.05, 4.69) is 46.6 Å². The lowest BCUT2D eigenvalue weighted by molar-refractivity contribution is -0.127. The zero-order chi connectivity index (χ0) is 19.4. The van der Waals surface area contributed by atoms with Gasteiger partial charge in [0.05, 0.1) is 17.1 Å². The van der Waals surface area contributed by atoms with Crippen molar-refractivity contribution >= 4 is 16.9 Å². The molecule has 8 nitrogen and oxygen atoms in total. The normalized spacial score (nSPS) is 16.0. The molecular weight excluding hydrogens is 342 g/mol. The van der Waals surface area contributed by atoms with Crippen molar-refractivity contribution in [3.8, 4) is 0 Å². The number of hydrogen-bond donors (Lipinski definition) is 2. The number of imidazole rings is 1. The average Bonchev–Trinajstić information content (AvgIpc) is 3.35. The molecule has 3 rings (SSSR count). The molecule has 1 amide bonds. The van der Waals surface area contributed by atoms with Crippen LogP contribution in [0.5, 0.6) is 0 Å². The van der Waals surface area contributed by atoms with Gasteiger partial charge in [-0.2, -0.15) is 0 Å². The number of para-hydroxylation sites is 2. The van der Waals surface area contributed by atoms with Crippen LogP contribution in [0.4, 0.5) is 0 Å². The summed E-state index contributed by atoms with van der Waals surface area (Å²) in [6.07, 6.45) is 3.26. The Morgan fingerprint density at radius 1 is 1.19 bits per heavy atom. The van der Waals surface area contributed by atoms with Crippen LogP contribution >= 0.6 is 0 Å². The van der Waals surface area contributed by atoms with Gasteiger partial charge in [-0.05, 0) is 34.4 Å². The van der Waals surface area contributed by atoms with Crippen molar-refractivity contribution in [2.75, 3.05) is 0 Å². The first kappa shape index (κ1) is 19.0. The quantitative estimate of drug-likeness (QED) is 0.635. The van der Waals surface area contributed by atoms with Crippen molar-refractivity contribution in [2.45, 2.75) is 52.6 Å². The number of aromatic nitrogens is 6. The van der Waals surface area contributed by atoms with Gasteiger partial charge < -0.3 is 10.3 Å². The fourth-order valence-electron chi connectivity index (χ4n) is 3.23. The Morgan fingerprint density at radius 2 is 1.93 bits per heavy atom. The Kier molecular flexibility index (Phi) is 5.83. The third-order valence-electron chi connectivity index (χ3n) is 5.31. The van der Waals surface area contributed by atoms with E-state index in [-0.39, 0.29) is 23.8 Å². The number of tetrazole rings is 1. The molecule has 144 valence electrons. The maximum atomic E-state index is 13.2. The lowest BCUT2D eigenvalue weighted by Crippen LogP contribution is -2.40. The Bertz CT molecular complexity index is 840. The molecule has 0 unspecified atom stereocenters. The van der Waals surface area contributed by atoms with Crippen LogP contribution in [0.1, 0.15) is 58.4 Å². The summed E-state index contributed by atoms with van der Waals surface area (Å²) in [6, 6.07) is 7.22. The molecule has 3 aromatic rings. The monoisotopic (exact) mass is 369 g/mol. The Morgan fingerprint density at radius 3 is 2.56 bits per heavy atom. The summed E-state index contributed by atoms with van der Waals surface area (Å²) in [4.78, 5) is 21.3. The highest BCUT2D eigenvalue weighted by molar-refractivity contribution is 5.81. The Hall–Kier alpha value is -2.77. The van der Waals surface area contributed by atoms with Crippen LogP contribution in [0, 0.1) is 11.8 Å². The minimum Gasteiger partial charge on any atom is -0.344 e. The first-order valence-corrected chi connectivity index (χ1v) is 9.52. The van der Waals surface area contributed by atoms with Crippen molar-refractivity contribution in [1.29, 1.82) is 0 Å². The number of benzene rings is 1. The van der Waals surface area contributed by atoms with E-state index in [1.807, 2.05) is 31.2 Å². The minimum absolute atomic E-state index is 0.0950. The second-order valence-electron chi connectivity index (χ2n) is 7.13. The second kappa shape index (κ2) is 8.28. The first-order chi connectivity index (χ1) is 13.0. The molecule has 0 saturated carbocycles. The number of fused-ring (bicyclic) bond motifs is 1. The number of amides is 1. The van der Waals surface area contributed by atoms with Crippen molar-refractivity contribution in [3.05, 3.63) is 36.4 Å². The van der Waals surface area contributed by atoms with Crippen molar-refractivity contribution < 1.29 is 4.79 Å². The molecule has 0 aliphatic carbocycles. The molecule has 8 heteroatoms. The van der Waals surface area contributed by atoms with Gasteiger partial charge in [0.1, 0.15) is 18.2 Å². The molecule has 2 heterocycles. The van der Waals surface area contributed by atoms with E-state index in [1.165, 1.54) is 11.0 Å². The summed E-state index contributed by atoms with van der Waals surface area (Å²) in [7, 11) is 0. The summed E-state index contributed by atoms with van der Waals surface area (Å²) < 4.78 is 1.54. The van der Waals surface area contributed by atoms with Gasteiger partial charge in [-0.15, -0.1) is 5.10 Å². The zero-order valence-electron chi connectivity index (χ0n) is 16.3. The smallest absolute Gasteiger partial charge is 0.245 e. The molecule has 2 N–H and O–H groups in total. The number of nitrogens with one attached hydrogen (secondary N) is 2. The van der Waals surface area contributed by atoms with E-state index in [0.29, 0.717) is 0 Å². The zero-order valence-corrected chi connectivity index (χ0v) is 16.3. The lowest BCUT2D eigenvalue weighted by atomic mass is 9.95. The SMILES string of the molecule is CC[C@H](C)[C@H](NC(=O)[C@H]([C@@H](C)CC)n1cnnn1)c1nc2ccccc2[nH]1. The van der Waals surface area contributed by atoms with Crippen LogP contribution in [-0.4, -0.2) is 36.1 Å². The van der Waals surface area contributed by atoms with Crippen LogP contribution < -0.4 is 5.32 Å². The van der Waals surface area contributed by atoms with E-state index >= 15 is 0 Å². The van der Waals surface area contributed by atoms with E-state index in [4.69, 9.17) is 4.98 Å². The summed E-state index contributed by atoms with van der Waals surface area (Å²) in [5, 5.41) is 14.5. The molecule has 4 atom stereocenters. The average molecular weight is 369 g/mol. The molecule has 0 bridgehead atoms. The molecule has 0 radical (unpaired) electrons. The highest BCUT2D eigenvalue weighted by atomic mass is 16.2.